The van der Waals surface area contributed by atoms with Crippen molar-refractivity contribution in [1.82, 2.24) is 9.80 Å². The highest BCUT2D eigenvalue weighted by Crippen LogP contribution is 2.21. The minimum atomic E-state index is -4.99. The molecule has 5 nitrogen and oxygen atoms in total. The number of hydrogen-bond donors (Lipinski definition) is 1. The SMILES string of the molecule is O=C(N1CCN(CC(F)(F)C(=O)O)CC1)C(F)(F)F. The molecule has 0 unspecified atom stereocenters. The molecule has 1 amide bonds. The maximum absolute atomic E-state index is 12.9. The van der Waals surface area contributed by atoms with E-state index in [9.17, 15) is 31.5 Å². The minimum Gasteiger partial charge on any atom is -0.477 e. The molecule has 0 radical (unpaired) electrons. The summed E-state index contributed by atoms with van der Waals surface area (Å²) in [5.74, 6) is -8.27. The fourth-order valence-corrected chi connectivity index (χ4v) is 1.64. The zero-order chi connectivity index (χ0) is 14.8. The molecule has 0 bridgehead atoms. The molecule has 0 aliphatic carbocycles. The van der Waals surface area contributed by atoms with Gasteiger partial charge in [0.25, 0.3) is 0 Å². The Hall–Kier alpha value is -1.45. The first-order valence-electron chi connectivity index (χ1n) is 5.24. The Kier molecular flexibility index (Phi) is 4.33. The largest absolute Gasteiger partial charge is 0.477 e. The van der Waals surface area contributed by atoms with Crippen LogP contribution < -0.4 is 0 Å². The second-order valence-corrected chi connectivity index (χ2v) is 4.08. The van der Waals surface area contributed by atoms with Crippen LogP contribution in [0.4, 0.5) is 22.0 Å². The first kappa shape index (κ1) is 15.6. The molecule has 19 heavy (non-hydrogen) atoms. The molecule has 1 N–H and O–H groups in total. The lowest BCUT2D eigenvalue weighted by Gasteiger charge is -2.35. The van der Waals surface area contributed by atoms with Crippen LogP contribution in [0.5, 0.6) is 0 Å². The number of alkyl halides is 5. The number of halogens is 5. The number of carbonyl (C=O) groups excluding carboxylic acids is 1. The summed E-state index contributed by atoms with van der Waals surface area (Å²) in [6.07, 6.45) is -4.99. The van der Waals surface area contributed by atoms with E-state index in [0.717, 1.165) is 4.90 Å². The van der Waals surface area contributed by atoms with Crippen molar-refractivity contribution in [2.24, 2.45) is 0 Å². The van der Waals surface area contributed by atoms with Crippen molar-refractivity contribution in [3.05, 3.63) is 0 Å². The molecular weight excluding hydrogens is 279 g/mol. The van der Waals surface area contributed by atoms with Gasteiger partial charge in [-0.15, -0.1) is 0 Å². The molecule has 10 heteroatoms. The summed E-state index contributed by atoms with van der Waals surface area (Å²) >= 11 is 0. The zero-order valence-corrected chi connectivity index (χ0v) is 9.58. The minimum absolute atomic E-state index is 0.231. The van der Waals surface area contributed by atoms with Crippen molar-refractivity contribution in [2.45, 2.75) is 12.1 Å². The molecule has 1 aliphatic rings. The van der Waals surface area contributed by atoms with Crippen molar-refractivity contribution in [2.75, 3.05) is 32.7 Å². The van der Waals surface area contributed by atoms with E-state index < -0.39 is 30.5 Å². The summed E-state index contributed by atoms with van der Waals surface area (Å²) in [6.45, 7) is -2.28. The Morgan fingerprint density at radius 1 is 1.00 bits per heavy atom. The fourth-order valence-electron chi connectivity index (χ4n) is 1.64. The van der Waals surface area contributed by atoms with Crippen LogP contribution in [0.15, 0.2) is 0 Å². The summed E-state index contributed by atoms with van der Waals surface area (Å²) in [4.78, 5) is 22.6. The summed E-state index contributed by atoms with van der Waals surface area (Å²) < 4.78 is 62.1. The molecule has 1 fully saturated rings. The molecular formula is C9H11F5N2O3. The zero-order valence-electron chi connectivity index (χ0n) is 9.58. The number of carboxylic acid groups (broad SMARTS) is 1. The fraction of sp³-hybridized carbons (Fsp3) is 0.778. The number of piperazine rings is 1. The van der Waals surface area contributed by atoms with Gasteiger partial charge < -0.3 is 10.0 Å². The first-order chi connectivity index (χ1) is 8.54. The van der Waals surface area contributed by atoms with Crippen LogP contribution in [0.3, 0.4) is 0 Å². The van der Waals surface area contributed by atoms with Gasteiger partial charge in [-0.25, -0.2) is 4.79 Å². The maximum Gasteiger partial charge on any atom is 0.471 e. The number of carboxylic acids is 1. The summed E-state index contributed by atoms with van der Waals surface area (Å²) in [5.41, 5.74) is 0. The normalized spacial score (nSPS) is 18.5. The van der Waals surface area contributed by atoms with Gasteiger partial charge in [-0.1, -0.05) is 0 Å². The highest BCUT2D eigenvalue weighted by Gasteiger charge is 2.45. The number of nitrogens with zero attached hydrogens (tertiary/aromatic N) is 2. The Labute approximate surface area is 104 Å². The number of carbonyl (C=O) groups is 2. The molecule has 0 aromatic heterocycles. The molecule has 1 aliphatic heterocycles. The monoisotopic (exact) mass is 290 g/mol. The topological polar surface area (TPSA) is 60.9 Å². The van der Waals surface area contributed by atoms with E-state index >= 15 is 0 Å². The number of amides is 1. The quantitative estimate of drug-likeness (QED) is 0.765. The van der Waals surface area contributed by atoms with Crippen molar-refractivity contribution < 1.29 is 36.6 Å². The number of hydrogen-bond acceptors (Lipinski definition) is 3. The third kappa shape index (κ3) is 4.01. The van der Waals surface area contributed by atoms with Crippen LogP contribution in [0, 0.1) is 0 Å². The lowest BCUT2D eigenvalue weighted by Crippen LogP contribution is -2.55. The molecule has 0 aromatic rings. The van der Waals surface area contributed by atoms with Crippen molar-refractivity contribution in [3.63, 3.8) is 0 Å². The smallest absolute Gasteiger partial charge is 0.471 e. The molecule has 0 saturated carbocycles. The Morgan fingerprint density at radius 2 is 1.47 bits per heavy atom. The van der Waals surface area contributed by atoms with E-state index in [4.69, 9.17) is 5.11 Å². The van der Waals surface area contributed by atoms with Gasteiger partial charge in [0.2, 0.25) is 0 Å². The Balaban J connectivity index is 2.50. The number of rotatable bonds is 3. The predicted molar refractivity (Wildman–Crippen MR) is 51.7 cm³/mol. The third-order valence-electron chi connectivity index (χ3n) is 2.64. The van der Waals surface area contributed by atoms with Crippen LogP contribution in [-0.4, -0.2) is 71.6 Å². The summed E-state index contributed by atoms with van der Waals surface area (Å²) in [7, 11) is 0. The van der Waals surface area contributed by atoms with Crippen LogP contribution in [0.2, 0.25) is 0 Å². The van der Waals surface area contributed by atoms with Gasteiger partial charge in [0.05, 0.1) is 6.54 Å². The van der Waals surface area contributed by atoms with Gasteiger partial charge in [0.1, 0.15) is 0 Å². The molecule has 0 atom stereocenters. The third-order valence-corrected chi connectivity index (χ3v) is 2.64. The summed E-state index contributed by atoms with van der Waals surface area (Å²) in [6, 6.07) is 0. The van der Waals surface area contributed by atoms with Gasteiger partial charge in [0, 0.05) is 26.2 Å². The van der Waals surface area contributed by atoms with Crippen LogP contribution in [0.1, 0.15) is 0 Å². The van der Waals surface area contributed by atoms with Gasteiger partial charge in [-0.05, 0) is 0 Å². The van der Waals surface area contributed by atoms with E-state index in [-0.39, 0.29) is 26.2 Å². The van der Waals surface area contributed by atoms with Gasteiger partial charge in [-0.2, -0.15) is 22.0 Å². The van der Waals surface area contributed by atoms with E-state index in [1.54, 1.807) is 0 Å². The first-order valence-corrected chi connectivity index (χ1v) is 5.24. The van der Waals surface area contributed by atoms with Crippen LogP contribution >= 0.6 is 0 Å². The molecule has 0 spiro atoms. The standard InChI is InChI=1S/C9H11F5N2O3/c10-8(11,7(18)19)5-15-1-3-16(4-2-15)6(17)9(12,13)14/h1-5H2,(H,18,19). The van der Waals surface area contributed by atoms with Crippen LogP contribution in [-0.2, 0) is 9.59 Å². The van der Waals surface area contributed by atoms with E-state index in [2.05, 4.69) is 0 Å². The predicted octanol–water partition coefficient (Wildman–Crippen LogP) is 0.413. The van der Waals surface area contributed by atoms with Crippen LogP contribution in [0.25, 0.3) is 0 Å². The highest BCUT2D eigenvalue weighted by molar-refractivity contribution is 5.82. The lowest BCUT2D eigenvalue weighted by molar-refractivity contribution is -0.187. The highest BCUT2D eigenvalue weighted by atomic mass is 19.4. The lowest BCUT2D eigenvalue weighted by atomic mass is 10.2. The molecule has 1 saturated heterocycles. The van der Waals surface area contributed by atoms with Crippen molar-refractivity contribution in [1.29, 1.82) is 0 Å². The average Bonchev–Trinajstić information content (AvgIpc) is 2.27. The second-order valence-electron chi connectivity index (χ2n) is 4.08. The van der Waals surface area contributed by atoms with E-state index in [0.29, 0.717) is 4.90 Å². The second kappa shape index (κ2) is 5.27. The Morgan fingerprint density at radius 3 is 1.84 bits per heavy atom. The summed E-state index contributed by atoms with van der Waals surface area (Å²) in [5, 5.41) is 8.23. The van der Waals surface area contributed by atoms with Gasteiger partial charge in [-0.3, -0.25) is 9.69 Å². The van der Waals surface area contributed by atoms with Crippen molar-refractivity contribution in [3.8, 4) is 0 Å². The van der Waals surface area contributed by atoms with Gasteiger partial charge in [0.15, 0.2) is 0 Å². The Bertz CT molecular complexity index is 363. The molecule has 110 valence electrons. The maximum atomic E-state index is 12.9. The molecule has 1 rings (SSSR count). The van der Waals surface area contributed by atoms with E-state index in [1.807, 2.05) is 0 Å². The average molecular weight is 290 g/mol. The van der Waals surface area contributed by atoms with Gasteiger partial charge >= 0.3 is 24.0 Å². The molecule has 1 heterocycles. The number of aliphatic carboxylic acids is 1. The van der Waals surface area contributed by atoms with Crippen molar-refractivity contribution >= 4 is 11.9 Å². The van der Waals surface area contributed by atoms with E-state index in [1.165, 1.54) is 0 Å². The molecule has 0 aromatic carbocycles.